The Hall–Kier alpha value is -4.07. The molecule has 2 heterocycles. The molecule has 2 unspecified atom stereocenters. The summed E-state index contributed by atoms with van der Waals surface area (Å²) in [6, 6.07) is 20.3. The minimum Gasteiger partial charge on any atom is -0.377 e. The van der Waals surface area contributed by atoms with Gasteiger partial charge in [-0.3, -0.25) is 4.79 Å². The molecule has 6 rings (SSSR count). The first-order chi connectivity index (χ1) is 18.7. The summed E-state index contributed by atoms with van der Waals surface area (Å²) in [7, 11) is 4.02. The highest BCUT2D eigenvalue weighted by atomic mass is 19.4. The van der Waals surface area contributed by atoms with Gasteiger partial charge in [-0.25, -0.2) is 4.98 Å². The summed E-state index contributed by atoms with van der Waals surface area (Å²) in [6.45, 7) is 1.07. The molecule has 1 aliphatic carbocycles. The van der Waals surface area contributed by atoms with Crippen molar-refractivity contribution >= 4 is 34.0 Å². The van der Waals surface area contributed by atoms with Gasteiger partial charge in [0.25, 0.3) is 5.91 Å². The molecule has 0 radical (unpaired) electrons. The third-order valence-corrected chi connectivity index (χ3v) is 7.91. The molecule has 1 aromatic heterocycles. The molecule has 1 saturated heterocycles. The number of pyridine rings is 1. The van der Waals surface area contributed by atoms with Crippen molar-refractivity contribution in [2.45, 2.75) is 31.5 Å². The second-order valence-electron chi connectivity index (χ2n) is 10.7. The van der Waals surface area contributed by atoms with E-state index in [9.17, 15) is 18.0 Å². The zero-order valence-corrected chi connectivity index (χ0v) is 21.8. The average molecular weight is 531 g/mol. The maximum Gasteiger partial charge on any atom is 0.416 e. The molecule has 1 aliphatic heterocycles. The van der Waals surface area contributed by atoms with Crippen molar-refractivity contribution in [3.8, 4) is 11.1 Å². The number of nitrogens with zero attached hydrogens (tertiary/aromatic N) is 3. The Morgan fingerprint density at radius 1 is 0.949 bits per heavy atom. The number of anilines is 3. The van der Waals surface area contributed by atoms with Crippen LogP contribution in [-0.4, -0.2) is 37.6 Å². The van der Waals surface area contributed by atoms with Crippen molar-refractivity contribution < 1.29 is 18.0 Å². The van der Waals surface area contributed by atoms with Crippen LogP contribution in [0.2, 0.25) is 0 Å². The highest BCUT2D eigenvalue weighted by molar-refractivity contribution is 6.06. The summed E-state index contributed by atoms with van der Waals surface area (Å²) in [5, 5.41) is 3.93. The zero-order chi connectivity index (χ0) is 27.3. The van der Waals surface area contributed by atoms with E-state index in [4.69, 9.17) is 4.98 Å². The predicted molar refractivity (Wildman–Crippen MR) is 149 cm³/mol. The van der Waals surface area contributed by atoms with E-state index in [0.717, 1.165) is 52.6 Å². The number of hydrogen-bond acceptors (Lipinski definition) is 4. The number of carbonyl (C=O) groups excluding carboxylic acids is 1. The third kappa shape index (κ3) is 4.91. The molecule has 8 heteroatoms. The maximum absolute atomic E-state index is 13.0. The largest absolute Gasteiger partial charge is 0.416 e. The van der Waals surface area contributed by atoms with Gasteiger partial charge in [0.1, 0.15) is 5.82 Å². The van der Waals surface area contributed by atoms with E-state index in [1.54, 1.807) is 24.3 Å². The minimum absolute atomic E-state index is 0.266. The van der Waals surface area contributed by atoms with Gasteiger partial charge in [0, 0.05) is 55.1 Å². The number of alkyl halides is 3. The van der Waals surface area contributed by atoms with Crippen LogP contribution in [0.3, 0.4) is 0 Å². The third-order valence-electron chi connectivity index (χ3n) is 7.91. The van der Waals surface area contributed by atoms with Gasteiger partial charge >= 0.3 is 6.18 Å². The van der Waals surface area contributed by atoms with Gasteiger partial charge in [0.05, 0.1) is 11.1 Å². The summed E-state index contributed by atoms with van der Waals surface area (Å²) >= 11 is 0. The molecular weight excluding hydrogens is 501 g/mol. The van der Waals surface area contributed by atoms with E-state index in [1.165, 1.54) is 31.4 Å². The molecule has 2 fully saturated rings. The van der Waals surface area contributed by atoms with Crippen LogP contribution in [0.15, 0.2) is 72.8 Å². The van der Waals surface area contributed by atoms with E-state index < -0.39 is 11.7 Å². The number of piperidine rings is 1. The van der Waals surface area contributed by atoms with E-state index in [0.29, 0.717) is 22.9 Å². The van der Waals surface area contributed by atoms with Gasteiger partial charge in [0.2, 0.25) is 0 Å². The van der Waals surface area contributed by atoms with Crippen molar-refractivity contribution in [1.82, 2.24) is 4.98 Å². The lowest BCUT2D eigenvalue weighted by Crippen LogP contribution is -2.32. The van der Waals surface area contributed by atoms with E-state index >= 15 is 0 Å². The molecule has 200 valence electrons. The lowest BCUT2D eigenvalue weighted by Gasteiger charge is -2.29. The molecule has 4 aromatic rings. The normalized spacial score (nSPS) is 18.5. The Morgan fingerprint density at radius 2 is 1.64 bits per heavy atom. The van der Waals surface area contributed by atoms with Gasteiger partial charge in [0.15, 0.2) is 0 Å². The van der Waals surface area contributed by atoms with Crippen LogP contribution in [0.25, 0.3) is 22.0 Å². The molecule has 2 aliphatic rings. The molecule has 0 spiro atoms. The van der Waals surface area contributed by atoms with Crippen molar-refractivity contribution in [2.24, 2.45) is 5.92 Å². The number of aromatic nitrogens is 1. The van der Waals surface area contributed by atoms with Crippen molar-refractivity contribution in [3.05, 3.63) is 83.9 Å². The Balaban J connectivity index is 1.21. The maximum atomic E-state index is 13.0. The van der Waals surface area contributed by atoms with Crippen molar-refractivity contribution in [2.75, 3.05) is 35.8 Å². The Morgan fingerprint density at radius 3 is 2.23 bits per heavy atom. The number of amides is 1. The van der Waals surface area contributed by atoms with Crippen LogP contribution in [0.1, 0.15) is 35.2 Å². The first kappa shape index (κ1) is 25.2. The number of rotatable bonds is 5. The second kappa shape index (κ2) is 9.59. The smallest absolute Gasteiger partial charge is 0.377 e. The van der Waals surface area contributed by atoms with Gasteiger partial charge < -0.3 is 15.1 Å². The monoisotopic (exact) mass is 530 g/mol. The Bertz CT molecular complexity index is 1530. The lowest BCUT2D eigenvalue weighted by atomic mass is 10.0. The van der Waals surface area contributed by atoms with Crippen LogP contribution >= 0.6 is 0 Å². The second-order valence-corrected chi connectivity index (χ2v) is 10.7. The van der Waals surface area contributed by atoms with Crippen molar-refractivity contribution in [3.63, 3.8) is 0 Å². The van der Waals surface area contributed by atoms with Crippen LogP contribution < -0.4 is 15.1 Å². The molecule has 2 bridgehead atoms. The molecule has 2 atom stereocenters. The van der Waals surface area contributed by atoms with Crippen LogP contribution in [0, 0.1) is 5.92 Å². The highest BCUT2D eigenvalue weighted by Gasteiger charge is 2.38. The molecular formula is C31H29F3N4O. The highest BCUT2D eigenvalue weighted by Crippen LogP contribution is 2.41. The van der Waals surface area contributed by atoms with Crippen LogP contribution in [0.4, 0.5) is 30.4 Å². The van der Waals surface area contributed by atoms with E-state index in [2.05, 4.69) is 21.2 Å². The first-order valence-electron chi connectivity index (χ1n) is 13.1. The quantitative estimate of drug-likeness (QED) is 0.296. The van der Waals surface area contributed by atoms with Crippen molar-refractivity contribution in [1.29, 1.82) is 0 Å². The SMILES string of the molecule is CN(C)c1cc(N2CC3CCC2C3)nc2ccc(NC(=O)c3ccc(-c4ccc(C(F)(F)F)cc4)cc3)cc12. The summed E-state index contributed by atoms with van der Waals surface area (Å²) in [5.74, 6) is 1.53. The summed E-state index contributed by atoms with van der Waals surface area (Å²) in [4.78, 5) is 22.5. The number of hydrogen-bond donors (Lipinski definition) is 1. The topological polar surface area (TPSA) is 48.5 Å². The Labute approximate surface area is 225 Å². The number of benzene rings is 3. The fraction of sp³-hybridized carbons (Fsp3) is 0.290. The molecule has 5 nitrogen and oxygen atoms in total. The summed E-state index contributed by atoms with van der Waals surface area (Å²) in [6.07, 6.45) is -0.566. The number of nitrogens with one attached hydrogen (secondary N) is 1. The summed E-state index contributed by atoms with van der Waals surface area (Å²) < 4.78 is 38.5. The molecule has 1 N–H and O–H groups in total. The first-order valence-corrected chi connectivity index (χ1v) is 13.1. The molecule has 39 heavy (non-hydrogen) atoms. The number of fused-ring (bicyclic) bond motifs is 3. The van der Waals surface area contributed by atoms with Gasteiger partial charge in [-0.2, -0.15) is 13.2 Å². The lowest BCUT2D eigenvalue weighted by molar-refractivity contribution is -0.137. The van der Waals surface area contributed by atoms with Crippen LogP contribution in [0.5, 0.6) is 0 Å². The molecule has 3 aromatic carbocycles. The number of carbonyl (C=O) groups is 1. The molecule has 1 saturated carbocycles. The minimum atomic E-state index is -4.37. The number of halogens is 3. The van der Waals surface area contributed by atoms with E-state index in [1.807, 2.05) is 32.3 Å². The molecule has 1 amide bonds. The van der Waals surface area contributed by atoms with Gasteiger partial charge in [-0.15, -0.1) is 0 Å². The van der Waals surface area contributed by atoms with E-state index in [-0.39, 0.29) is 5.91 Å². The fourth-order valence-electron chi connectivity index (χ4n) is 5.86. The average Bonchev–Trinajstić information content (AvgIpc) is 3.56. The fourth-order valence-corrected chi connectivity index (χ4v) is 5.86. The van der Waals surface area contributed by atoms with Gasteiger partial charge in [-0.05, 0) is 78.8 Å². The predicted octanol–water partition coefficient (Wildman–Crippen LogP) is 7.23. The Kier molecular flexibility index (Phi) is 6.20. The summed E-state index contributed by atoms with van der Waals surface area (Å²) in [5.41, 5.74) is 3.74. The standard InChI is InChI=1S/C31H29F3N4O/c1-37(2)28-17-29(38-18-19-3-13-25(38)15-19)36-27-14-12-24(16-26(27)28)35-30(39)22-6-4-20(5-7-22)21-8-10-23(11-9-21)31(32,33)34/h4-12,14,16-17,19,25H,3,13,15,18H2,1-2H3,(H,35,39). The van der Waals surface area contributed by atoms with Gasteiger partial charge in [-0.1, -0.05) is 24.3 Å². The van der Waals surface area contributed by atoms with Crippen LogP contribution in [-0.2, 0) is 6.18 Å². The zero-order valence-electron chi connectivity index (χ0n) is 21.8.